The van der Waals surface area contributed by atoms with E-state index in [9.17, 15) is 19.2 Å². The number of alkyl halides is 1. The molecule has 11 heteroatoms. The van der Waals surface area contributed by atoms with Gasteiger partial charge in [-0.2, -0.15) is 4.98 Å². The highest BCUT2D eigenvalue weighted by Crippen LogP contribution is 2.07. The Hall–Kier alpha value is -4.13. The fourth-order valence-corrected chi connectivity index (χ4v) is 4.62. The van der Waals surface area contributed by atoms with E-state index in [2.05, 4.69) is 59.9 Å². The molecule has 0 spiro atoms. The number of benzene rings is 1. The van der Waals surface area contributed by atoms with E-state index < -0.39 is 0 Å². The summed E-state index contributed by atoms with van der Waals surface area (Å²) in [5.41, 5.74) is 3.92. The summed E-state index contributed by atoms with van der Waals surface area (Å²) in [6.07, 6.45) is 2.83. The van der Waals surface area contributed by atoms with Gasteiger partial charge >= 0.3 is 11.8 Å². The minimum absolute atomic E-state index is 0.0389. The lowest BCUT2D eigenvalue weighted by molar-refractivity contribution is -0.386. The van der Waals surface area contributed by atoms with Crippen molar-refractivity contribution in [3.63, 3.8) is 0 Å². The summed E-state index contributed by atoms with van der Waals surface area (Å²) in [6, 6.07) is 17.1. The molecule has 42 heavy (non-hydrogen) atoms. The molecular weight excluding hydrogens is 647 g/mol. The van der Waals surface area contributed by atoms with E-state index in [1.54, 1.807) is 36.4 Å². The second-order valence-electron chi connectivity index (χ2n) is 9.78. The minimum Gasteiger partial charge on any atom is -0.349 e. The van der Waals surface area contributed by atoms with Crippen LogP contribution in [0.15, 0.2) is 72.3 Å². The lowest BCUT2D eigenvalue weighted by atomic mass is 10.1. The number of halogens is 1. The normalized spacial score (nSPS) is 11.1. The van der Waals surface area contributed by atoms with Crippen molar-refractivity contribution in [2.75, 3.05) is 11.0 Å². The number of hydrogen-bond donors (Lipinski definition) is 4. The molecule has 0 aliphatic rings. The number of aromatic amines is 1. The maximum Gasteiger partial charge on any atom is 0.316 e. The first-order valence-electron chi connectivity index (χ1n) is 13.6. The molecule has 0 fully saturated rings. The van der Waals surface area contributed by atoms with Crippen LogP contribution in [0.1, 0.15) is 80.3 Å². The molecule has 220 valence electrons. The van der Waals surface area contributed by atoms with Crippen LogP contribution in [-0.4, -0.2) is 45.6 Å². The highest BCUT2D eigenvalue weighted by atomic mass is 127. The van der Waals surface area contributed by atoms with Crippen LogP contribution in [-0.2, 0) is 13.1 Å². The summed E-state index contributed by atoms with van der Waals surface area (Å²) in [5, 5.41) is 11.3. The number of nitrogens with one attached hydrogen (secondary N) is 5. The number of allylic oxidation sites excluding steroid dienone is 1. The average molecular weight is 684 g/mol. The fraction of sp³-hybridized carbons (Fsp3) is 0.290. The van der Waals surface area contributed by atoms with Gasteiger partial charge in [-0.1, -0.05) is 64.6 Å². The van der Waals surface area contributed by atoms with Gasteiger partial charge in [0.1, 0.15) is 11.4 Å². The fourth-order valence-electron chi connectivity index (χ4n) is 3.80. The Morgan fingerprint density at radius 1 is 0.786 bits per heavy atom. The number of amides is 4. The van der Waals surface area contributed by atoms with Crippen LogP contribution >= 0.6 is 22.6 Å². The van der Waals surface area contributed by atoms with Crippen molar-refractivity contribution in [1.29, 1.82) is 0 Å². The summed E-state index contributed by atoms with van der Waals surface area (Å²) < 4.78 is 0.916. The highest BCUT2D eigenvalue weighted by molar-refractivity contribution is 14.1. The number of H-pyrrole nitrogens is 1. The molecule has 0 radical (unpaired) electrons. The van der Waals surface area contributed by atoms with Gasteiger partial charge in [-0.25, -0.2) is 4.98 Å². The molecule has 3 rings (SSSR count). The monoisotopic (exact) mass is 683 g/mol. The van der Waals surface area contributed by atoms with Gasteiger partial charge in [-0.05, 0) is 56.5 Å². The zero-order valence-electron chi connectivity index (χ0n) is 23.9. The Kier molecular flexibility index (Phi) is 12.6. The van der Waals surface area contributed by atoms with E-state index in [0.717, 1.165) is 22.0 Å². The second kappa shape index (κ2) is 16.3. The summed E-state index contributed by atoms with van der Waals surface area (Å²) in [6.45, 7) is 6.76. The molecular formula is C31H36IN6O4+. The van der Waals surface area contributed by atoms with E-state index >= 15 is 0 Å². The van der Waals surface area contributed by atoms with Crippen LogP contribution in [0.2, 0.25) is 0 Å². The van der Waals surface area contributed by atoms with Gasteiger partial charge in [-0.15, -0.1) is 0 Å². The van der Waals surface area contributed by atoms with Crippen LogP contribution in [0.3, 0.4) is 0 Å². The first-order chi connectivity index (χ1) is 20.2. The van der Waals surface area contributed by atoms with Crippen LogP contribution in [0.5, 0.6) is 0 Å². The van der Waals surface area contributed by atoms with Gasteiger partial charge in [-0.3, -0.25) is 19.2 Å². The number of rotatable bonds is 13. The molecule has 1 aromatic carbocycles. The first kappa shape index (κ1) is 32.4. The lowest BCUT2D eigenvalue weighted by Gasteiger charge is -2.09. The maximum atomic E-state index is 12.7. The van der Waals surface area contributed by atoms with Crippen molar-refractivity contribution < 1.29 is 24.2 Å². The predicted molar refractivity (Wildman–Crippen MR) is 168 cm³/mol. The van der Waals surface area contributed by atoms with E-state index in [0.29, 0.717) is 12.2 Å². The zero-order chi connectivity index (χ0) is 30.5. The van der Waals surface area contributed by atoms with Crippen LogP contribution < -0.4 is 26.3 Å². The quantitative estimate of drug-likeness (QED) is 0.124. The molecule has 0 saturated carbocycles. The van der Waals surface area contributed by atoms with E-state index in [1.807, 2.05) is 45.0 Å². The van der Waals surface area contributed by atoms with Gasteiger partial charge in [0.25, 0.3) is 23.2 Å². The van der Waals surface area contributed by atoms with Crippen LogP contribution in [0.25, 0.3) is 0 Å². The molecule has 0 aliphatic carbocycles. The molecule has 0 unspecified atom stereocenters. The number of carbonyl (C=O) groups is 4. The average Bonchev–Trinajstić information content (AvgIpc) is 3.01. The number of hydrogen-bond acceptors (Lipinski definition) is 5. The standard InChI is InChI=1S/C31H35IN6O4/c1-4-21(17-32)15-16-33-28(39)24-7-5-8-25(37-24)29(40)34-18-22-11-13-23(14-12-22)19-35-30(41)26-9-6-10-27(38-26)31(42)36-20(2)3/h4-14,20H,15-19H2,1-3H3,(H,33,39)(H,34,40)(H,35,41)(H,36,42)/p+1/b21-4-. The molecule has 10 nitrogen and oxygen atoms in total. The van der Waals surface area contributed by atoms with Crippen molar-refractivity contribution in [3.8, 4) is 0 Å². The minimum atomic E-state index is -0.388. The Balaban J connectivity index is 1.48. The highest BCUT2D eigenvalue weighted by Gasteiger charge is 2.19. The van der Waals surface area contributed by atoms with Crippen molar-refractivity contribution >= 4 is 46.2 Å². The van der Waals surface area contributed by atoms with Crippen molar-refractivity contribution in [2.24, 2.45) is 0 Å². The number of aromatic nitrogens is 2. The summed E-state index contributed by atoms with van der Waals surface area (Å²) in [5.74, 6) is -1.32. The van der Waals surface area contributed by atoms with Gasteiger partial charge in [0, 0.05) is 42.2 Å². The Labute approximate surface area is 259 Å². The third-order valence-electron chi connectivity index (χ3n) is 6.16. The number of nitrogens with zero attached hydrogens (tertiary/aromatic N) is 1. The SMILES string of the molecule is C/C=C(\CI)CCNC(=O)c1cccc(C(=O)NCc2ccc(CNC(=O)c3cccc(C(=O)NC(C)C)n3)cc2)[nH+]1. The topological polar surface area (TPSA) is 143 Å². The van der Waals surface area contributed by atoms with Gasteiger partial charge < -0.3 is 21.3 Å². The molecule has 2 heterocycles. The predicted octanol–water partition coefficient (Wildman–Crippen LogP) is 3.40. The summed E-state index contributed by atoms with van der Waals surface area (Å²) in [7, 11) is 0. The maximum absolute atomic E-state index is 12.7. The van der Waals surface area contributed by atoms with Crippen molar-refractivity contribution in [3.05, 3.63) is 106 Å². The summed E-state index contributed by atoms with van der Waals surface area (Å²) >= 11 is 2.30. The van der Waals surface area contributed by atoms with Crippen LogP contribution in [0.4, 0.5) is 0 Å². The first-order valence-corrected chi connectivity index (χ1v) is 15.2. The molecule has 0 atom stereocenters. The van der Waals surface area contributed by atoms with Crippen LogP contribution in [0, 0.1) is 0 Å². The molecule has 0 saturated heterocycles. The van der Waals surface area contributed by atoms with Crippen molar-refractivity contribution in [2.45, 2.75) is 46.3 Å². The Morgan fingerprint density at radius 3 is 1.86 bits per heavy atom. The lowest BCUT2D eigenvalue weighted by Crippen LogP contribution is -2.35. The van der Waals surface area contributed by atoms with Gasteiger partial charge in [0.05, 0.1) is 0 Å². The zero-order valence-corrected chi connectivity index (χ0v) is 26.1. The molecule has 4 amide bonds. The van der Waals surface area contributed by atoms with E-state index in [-0.39, 0.29) is 59.8 Å². The largest absolute Gasteiger partial charge is 0.349 e. The smallest absolute Gasteiger partial charge is 0.316 e. The number of pyridine rings is 2. The number of carbonyl (C=O) groups excluding carboxylic acids is 4. The summed E-state index contributed by atoms with van der Waals surface area (Å²) in [4.78, 5) is 57.0. The third-order valence-corrected chi connectivity index (χ3v) is 7.14. The Bertz CT molecular complexity index is 1440. The van der Waals surface area contributed by atoms with Crippen molar-refractivity contribution in [1.82, 2.24) is 26.3 Å². The molecule has 0 bridgehead atoms. The third kappa shape index (κ3) is 10.1. The van der Waals surface area contributed by atoms with Gasteiger partial charge in [0.15, 0.2) is 0 Å². The molecule has 5 N–H and O–H groups in total. The molecule has 2 aromatic heterocycles. The van der Waals surface area contributed by atoms with E-state index in [1.165, 1.54) is 5.57 Å². The van der Waals surface area contributed by atoms with E-state index in [4.69, 9.17) is 0 Å². The molecule has 0 aliphatic heterocycles. The molecule has 3 aromatic rings. The van der Waals surface area contributed by atoms with Gasteiger partial charge in [0.2, 0.25) is 0 Å². The second-order valence-corrected chi connectivity index (χ2v) is 10.5. The Morgan fingerprint density at radius 2 is 1.31 bits per heavy atom.